The first-order valence-corrected chi connectivity index (χ1v) is 8.83. The zero-order valence-corrected chi connectivity index (χ0v) is 15.3. The maximum absolute atomic E-state index is 12.1. The van der Waals surface area contributed by atoms with Gasteiger partial charge in [0, 0.05) is 6.42 Å². The third-order valence-corrected chi connectivity index (χ3v) is 3.89. The van der Waals surface area contributed by atoms with Gasteiger partial charge in [-0.05, 0) is 42.7 Å². The minimum Gasteiger partial charge on any atom is -0.494 e. The number of nitrogens with one attached hydrogen (secondary N) is 1. The van der Waals surface area contributed by atoms with Gasteiger partial charge in [-0.25, -0.2) is 4.79 Å². The third kappa shape index (κ3) is 5.92. The average Bonchev–Trinajstić information content (AvgIpc) is 2.66. The van der Waals surface area contributed by atoms with Crippen LogP contribution in [0, 0.1) is 0 Å². The van der Waals surface area contributed by atoms with Gasteiger partial charge >= 0.3 is 5.97 Å². The maximum Gasteiger partial charge on any atom is 0.339 e. The molecule has 26 heavy (non-hydrogen) atoms. The van der Waals surface area contributed by atoms with Crippen LogP contribution in [0.25, 0.3) is 0 Å². The van der Waals surface area contributed by atoms with Crippen LogP contribution in [0.3, 0.4) is 0 Å². The summed E-state index contributed by atoms with van der Waals surface area (Å²) in [5, 5.41) is 2.75. The molecule has 0 radical (unpaired) electrons. The molecule has 2 rings (SSSR count). The number of ether oxygens (including phenoxy) is 2. The van der Waals surface area contributed by atoms with Crippen LogP contribution in [0.15, 0.2) is 48.5 Å². The van der Waals surface area contributed by atoms with Crippen molar-refractivity contribution in [2.24, 2.45) is 0 Å². The lowest BCUT2D eigenvalue weighted by molar-refractivity contribution is -0.116. The third-order valence-electron chi connectivity index (χ3n) is 3.89. The molecular formula is C21H25NO4. The summed E-state index contributed by atoms with van der Waals surface area (Å²) in [7, 11) is 1.31. The summed E-state index contributed by atoms with van der Waals surface area (Å²) in [5.74, 6) is 0.167. The quantitative estimate of drug-likeness (QED) is 0.540. The predicted octanol–water partition coefficient (Wildman–Crippen LogP) is 4.22. The van der Waals surface area contributed by atoms with E-state index in [1.807, 2.05) is 12.1 Å². The fourth-order valence-corrected chi connectivity index (χ4v) is 2.56. The van der Waals surface area contributed by atoms with Crippen molar-refractivity contribution in [3.8, 4) is 5.75 Å². The van der Waals surface area contributed by atoms with Crippen LogP contribution in [0.2, 0.25) is 0 Å². The van der Waals surface area contributed by atoms with Gasteiger partial charge in [0.1, 0.15) is 5.75 Å². The minimum absolute atomic E-state index is 0.164. The molecule has 1 N–H and O–H groups in total. The minimum atomic E-state index is -0.476. The molecule has 0 unspecified atom stereocenters. The molecule has 2 aromatic rings. The van der Waals surface area contributed by atoms with Crippen molar-refractivity contribution < 1.29 is 19.1 Å². The molecular weight excluding hydrogens is 330 g/mol. The van der Waals surface area contributed by atoms with Crippen LogP contribution in [-0.2, 0) is 16.0 Å². The second kappa shape index (κ2) is 10.2. The largest absolute Gasteiger partial charge is 0.494 e. The van der Waals surface area contributed by atoms with E-state index in [-0.39, 0.29) is 5.91 Å². The number of hydrogen-bond donors (Lipinski definition) is 1. The monoisotopic (exact) mass is 355 g/mol. The molecule has 5 nitrogen and oxygen atoms in total. The van der Waals surface area contributed by atoms with Crippen LogP contribution in [0.5, 0.6) is 5.75 Å². The van der Waals surface area contributed by atoms with Gasteiger partial charge in [0.15, 0.2) is 0 Å². The Balaban J connectivity index is 1.76. The van der Waals surface area contributed by atoms with E-state index in [0.29, 0.717) is 30.7 Å². The highest BCUT2D eigenvalue weighted by Crippen LogP contribution is 2.17. The Hall–Kier alpha value is -2.82. The first-order chi connectivity index (χ1) is 12.6. The van der Waals surface area contributed by atoms with Gasteiger partial charge in [-0.3, -0.25) is 4.79 Å². The number of aryl methyl sites for hydroxylation is 1. The van der Waals surface area contributed by atoms with E-state index in [4.69, 9.17) is 9.47 Å². The molecule has 138 valence electrons. The van der Waals surface area contributed by atoms with E-state index in [0.717, 1.165) is 18.6 Å². The summed E-state index contributed by atoms with van der Waals surface area (Å²) < 4.78 is 10.4. The molecule has 0 spiro atoms. The average molecular weight is 355 g/mol. The molecule has 0 aliphatic carbocycles. The smallest absolute Gasteiger partial charge is 0.339 e. The number of carbonyl (C=O) groups excluding carboxylic acids is 2. The summed E-state index contributed by atoms with van der Waals surface area (Å²) in [6, 6.07) is 14.8. The molecule has 0 aliphatic rings. The van der Waals surface area contributed by atoms with Crippen molar-refractivity contribution in [3.05, 3.63) is 59.7 Å². The molecule has 1 amide bonds. The van der Waals surface area contributed by atoms with Crippen molar-refractivity contribution in [2.75, 3.05) is 19.0 Å². The first kappa shape index (κ1) is 19.5. The zero-order valence-electron chi connectivity index (χ0n) is 15.3. The number of amides is 1. The van der Waals surface area contributed by atoms with E-state index in [2.05, 4.69) is 24.4 Å². The van der Waals surface area contributed by atoms with Crippen LogP contribution < -0.4 is 10.1 Å². The van der Waals surface area contributed by atoms with Crippen LogP contribution in [0.1, 0.15) is 42.1 Å². The van der Waals surface area contributed by atoms with Gasteiger partial charge in [-0.2, -0.15) is 0 Å². The molecule has 0 aromatic heterocycles. The van der Waals surface area contributed by atoms with Gasteiger partial charge in [0.25, 0.3) is 0 Å². The lowest BCUT2D eigenvalue weighted by Gasteiger charge is -2.10. The Morgan fingerprint density at radius 3 is 2.46 bits per heavy atom. The van der Waals surface area contributed by atoms with Gasteiger partial charge in [-0.1, -0.05) is 37.6 Å². The molecule has 0 aliphatic heterocycles. The molecule has 0 fully saturated rings. The van der Waals surface area contributed by atoms with Gasteiger partial charge in [0.05, 0.1) is 25.0 Å². The lowest BCUT2D eigenvalue weighted by atomic mass is 10.1. The highest BCUT2D eigenvalue weighted by molar-refractivity contribution is 6.01. The van der Waals surface area contributed by atoms with Crippen molar-refractivity contribution in [1.29, 1.82) is 0 Å². The number of para-hydroxylation sites is 1. The number of carbonyl (C=O) groups is 2. The first-order valence-electron chi connectivity index (χ1n) is 8.83. The summed E-state index contributed by atoms with van der Waals surface area (Å²) in [4.78, 5) is 23.8. The van der Waals surface area contributed by atoms with E-state index < -0.39 is 5.97 Å². The van der Waals surface area contributed by atoms with E-state index in [1.165, 1.54) is 12.7 Å². The second-order valence-corrected chi connectivity index (χ2v) is 5.93. The summed E-state index contributed by atoms with van der Waals surface area (Å²) in [6.07, 6.45) is 3.08. The Morgan fingerprint density at radius 2 is 1.77 bits per heavy atom. The molecule has 5 heteroatoms. The lowest BCUT2D eigenvalue weighted by Crippen LogP contribution is -2.15. The van der Waals surface area contributed by atoms with Crippen molar-refractivity contribution in [2.45, 2.75) is 32.6 Å². The van der Waals surface area contributed by atoms with Gasteiger partial charge in [0.2, 0.25) is 5.91 Å². The summed E-state index contributed by atoms with van der Waals surface area (Å²) >= 11 is 0. The molecule has 0 saturated carbocycles. The van der Waals surface area contributed by atoms with Crippen molar-refractivity contribution >= 4 is 17.6 Å². The SMILES string of the molecule is CCCc1ccc(OCCCC(=O)Nc2ccccc2C(=O)OC)cc1. The van der Waals surface area contributed by atoms with Gasteiger partial charge < -0.3 is 14.8 Å². The normalized spacial score (nSPS) is 10.2. The number of benzene rings is 2. The fraction of sp³-hybridized carbons (Fsp3) is 0.333. The topological polar surface area (TPSA) is 64.6 Å². The molecule has 0 bridgehead atoms. The maximum atomic E-state index is 12.1. The molecule has 0 atom stereocenters. The summed E-state index contributed by atoms with van der Waals surface area (Å²) in [5.41, 5.74) is 2.09. The second-order valence-electron chi connectivity index (χ2n) is 5.93. The number of esters is 1. The number of rotatable bonds is 9. The summed E-state index contributed by atoms with van der Waals surface area (Å²) in [6.45, 7) is 2.61. The van der Waals surface area contributed by atoms with Crippen molar-refractivity contribution in [3.63, 3.8) is 0 Å². The Kier molecular flexibility index (Phi) is 7.68. The van der Waals surface area contributed by atoms with E-state index in [9.17, 15) is 9.59 Å². The molecule has 2 aromatic carbocycles. The zero-order chi connectivity index (χ0) is 18.8. The van der Waals surface area contributed by atoms with Gasteiger partial charge in [-0.15, -0.1) is 0 Å². The van der Waals surface area contributed by atoms with Crippen molar-refractivity contribution in [1.82, 2.24) is 0 Å². The Labute approximate surface area is 154 Å². The van der Waals surface area contributed by atoms with Crippen LogP contribution >= 0.6 is 0 Å². The number of hydrogen-bond acceptors (Lipinski definition) is 4. The van der Waals surface area contributed by atoms with E-state index >= 15 is 0 Å². The number of anilines is 1. The fourth-order valence-electron chi connectivity index (χ4n) is 2.56. The molecule has 0 saturated heterocycles. The molecule has 0 heterocycles. The standard InChI is InChI=1S/C21H25NO4/c1-3-7-16-11-13-17(14-12-16)26-15-6-10-20(23)22-19-9-5-4-8-18(19)21(24)25-2/h4-5,8-9,11-14H,3,6-7,10,15H2,1-2H3,(H,22,23). The predicted molar refractivity (Wildman–Crippen MR) is 102 cm³/mol. The Morgan fingerprint density at radius 1 is 1.04 bits per heavy atom. The van der Waals surface area contributed by atoms with Crippen LogP contribution in [-0.4, -0.2) is 25.6 Å². The highest BCUT2D eigenvalue weighted by atomic mass is 16.5. The van der Waals surface area contributed by atoms with Crippen LogP contribution in [0.4, 0.5) is 5.69 Å². The van der Waals surface area contributed by atoms with E-state index in [1.54, 1.807) is 24.3 Å². The number of methoxy groups -OCH3 is 1. The highest BCUT2D eigenvalue weighted by Gasteiger charge is 2.13. The Bertz CT molecular complexity index is 725.